The van der Waals surface area contributed by atoms with Gasteiger partial charge in [0.05, 0.1) is 11.4 Å². The molecule has 0 bridgehead atoms. The first-order valence-electron chi connectivity index (χ1n) is 9.23. The van der Waals surface area contributed by atoms with Gasteiger partial charge in [0.25, 0.3) is 0 Å². The Labute approximate surface area is 172 Å². The van der Waals surface area contributed by atoms with E-state index in [1.54, 1.807) is 0 Å². The van der Waals surface area contributed by atoms with Crippen molar-refractivity contribution in [2.24, 2.45) is 0 Å². The Hall–Kier alpha value is -2.85. The van der Waals surface area contributed by atoms with Crippen LogP contribution in [0.4, 0.5) is 5.69 Å². The van der Waals surface area contributed by atoms with Crippen LogP contribution >= 0.6 is 12.4 Å². The van der Waals surface area contributed by atoms with Crippen molar-refractivity contribution in [3.63, 3.8) is 0 Å². The number of benzene rings is 1. The largest absolute Gasteiger partial charge is 0.378 e. The Bertz CT molecular complexity index is 1100. The van der Waals surface area contributed by atoms with Crippen LogP contribution in [0.15, 0.2) is 55.0 Å². The lowest BCUT2D eigenvalue weighted by molar-refractivity contribution is 1.07. The monoisotopic (exact) mass is 392 g/mol. The molecule has 0 aliphatic carbocycles. The number of rotatable bonds is 4. The maximum absolute atomic E-state index is 4.79. The molecule has 28 heavy (non-hydrogen) atoms. The van der Waals surface area contributed by atoms with Crippen LogP contribution in [0.3, 0.4) is 0 Å². The van der Waals surface area contributed by atoms with Gasteiger partial charge in [-0.05, 0) is 68.1 Å². The zero-order chi connectivity index (χ0) is 19.0. The van der Waals surface area contributed by atoms with E-state index in [1.807, 2.05) is 24.5 Å². The average molecular weight is 393 g/mol. The fraction of sp³-hybridized carbons (Fsp3) is 0.217. The molecule has 0 aliphatic heterocycles. The molecule has 1 N–H and O–H groups in total. The van der Waals surface area contributed by atoms with Crippen LogP contribution in [0.2, 0.25) is 0 Å². The predicted molar refractivity (Wildman–Crippen MR) is 118 cm³/mol. The van der Waals surface area contributed by atoms with Gasteiger partial charge < -0.3 is 9.72 Å². The molecule has 0 unspecified atom stereocenters. The van der Waals surface area contributed by atoms with Gasteiger partial charge in [-0.2, -0.15) is 0 Å². The second-order valence-corrected chi connectivity index (χ2v) is 7.08. The second kappa shape index (κ2) is 8.03. The Morgan fingerprint density at radius 1 is 0.929 bits per heavy atom. The third-order valence-corrected chi connectivity index (χ3v) is 5.31. The summed E-state index contributed by atoms with van der Waals surface area (Å²) in [5, 5.41) is 3.64. The minimum atomic E-state index is 0. The first-order chi connectivity index (χ1) is 13.0. The summed E-state index contributed by atoms with van der Waals surface area (Å²) in [6.07, 6.45) is 5.81. The van der Waals surface area contributed by atoms with Gasteiger partial charge in [-0.25, -0.2) is 4.98 Å². The number of nitrogens with one attached hydrogen (secondary N) is 1. The summed E-state index contributed by atoms with van der Waals surface area (Å²) in [5.41, 5.74) is 10.5. The highest BCUT2D eigenvalue weighted by molar-refractivity contribution is 5.85. The number of pyridine rings is 2. The molecule has 0 radical (unpaired) electrons. The number of hydrogen-bond acceptors (Lipinski definition) is 3. The van der Waals surface area contributed by atoms with Gasteiger partial charge in [0.15, 0.2) is 5.65 Å². The van der Waals surface area contributed by atoms with Gasteiger partial charge in [0, 0.05) is 36.4 Å². The number of halogens is 1. The zero-order valence-corrected chi connectivity index (χ0v) is 17.5. The third kappa shape index (κ3) is 3.60. The SMILES string of the molecule is Cc1cccc(C)c1CNc1cc(-c2ccncc2)cn2c(C)c(C)nc12.Cl. The smallest absolute Gasteiger partial charge is 0.160 e. The molecule has 0 fully saturated rings. The van der Waals surface area contributed by atoms with Crippen LogP contribution in [-0.4, -0.2) is 14.4 Å². The standard InChI is InChI=1S/C23H24N4.ClH/c1-15-6-5-7-16(2)21(15)13-25-22-12-20(19-8-10-24-11-9-19)14-27-18(4)17(3)26-23(22)27;/h5-12,14,25H,13H2,1-4H3;1H. The van der Waals surface area contributed by atoms with E-state index in [-0.39, 0.29) is 12.4 Å². The summed E-state index contributed by atoms with van der Waals surface area (Å²) >= 11 is 0. The van der Waals surface area contributed by atoms with Crippen molar-refractivity contribution in [3.8, 4) is 11.1 Å². The van der Waals surface area contributed by atoms with E-state index < -0.39 is 0 Å². The molecule has 3 heterocycles. The van der Waals surface area contributed by atoms with Crippen LogP contribution in [0.1, 0.15) is 28.1 Å². The maximum Gasteiger partial charge on any atom is 0.160 e. The topological polar surface area (TPSA) is 42.2 Å². The van der Waals surface area contributed by atoms with Crippen molar-refractivity contribution >= 4 is 23.7 Å². The lowest BCUT2D eigenvalue weighted by Gasteiger charge is -2.14. The number of imidazole rings is 1. The molecule has 0 spiro atoms. The van der Waals surface area contributed by atoms with E-state index in [2.05, 4.69) is 72.9 Å². The lowest BCUT2D eigenvalue weighted by atomic mass is 10.0. The van der Waals surface area contributed by atoms with Crippen molar-refractivity contribution < 1.29 is 0 Å². The van der Waals surface area contributed by atoms with Crippen molar-refractivity contribution in [2.45, 2.75) is 34.2 Å². The number of anilines is 1. The highest BCUT2D eigenvalue weighted by Gasteiger charge is 2.12. The number of nitrogens with zero attached hydrogens (tertiary/aromatic N) is 3. The molecule has 4 nitrogen and oxygen atoms in total. The zero-order valence-electron chi connectivity index (χ0n) is 16.7. The molecule has 3 aromatic heterocycles. The number of aromatic nitrogens is 3. The summed E-state index contributed by atoms with van der Waals surface area (Å²) in [7, 11) is 0. The first-order valence-corrected chi connectivity index (χ1v) is 9.23. The Kier molecular flexibility index (Phi) is 5.71. The molecule has 4 aromatic rings. The molecule has 4 rings (SSSR count). The Morgan fingerprint density at radius 3 is 2.29 bits per heavy atom. The molecule has 0 saturated heterocycles. The van der Waals surface area contributed by atoms with E-state index >= 15 is 0 Å². The predicted octanol–water partition coefficient (Wildman–Crippen LogP) is 5.66. The van der Waals surface area contributed by atoms with Crippen molar-refractivity contribution in [1.29, 1.82) is 0 Å². The van der Waals surface area contributed by atoms with Crippen LogP contribution < -0.4 is 5.32 Å². The summed E-state index contributed by atoms with van der Waals surface area (Å²) < 4.78 is 2.18. The van der Waals surface area contributed by atoms with E-state index in [4.69, 9.17) is 4.98 Å². The Balaban J connectivity index is 0.00000225. The third-order valence-electron chi connectivity index (χ3n) is 5.31. The van der Waals surface area contributed by atoms with Gasteiger partial charge >= 0.3 is 0 Å². The van der Waals surface area contributed by atoms with E-state index in [0.717, 1.165) is 40.4 Å². The highest BCUT2D eigenvalue weighted by Crippen LogP contribution is 2.28. The fourth-order valence-electron chi connectivity index (χ4n) is 3.51. The minimum Gasteiger partial charge on any atom is -0.378 e. The van der Waals surface area contributed by atoms with Gasteiger partial charge in [-0.1, -0.05) is 18.2 Å². The normalized spacial score (nSPS) is 10.7. The molecule has 144 valence electrons. The second-order valence-electron chi connectivity index (χ2n) is 7.08. The van der Waals surface area contributed by atoms with Crippen molar-refractivity contribution in [1.82, 2.24) is 14.4 Å². The molecule has 0 aliphatic rings. The molecule has 5 heteroatoms. The fourth-order valence-corrected chi connectivity index (χ4v) is 3.51. The number of aryl methyl sites for hydroxylation is 4. The highest BCUT2D eigenvalue weighted by atomic mass is 35.5. The van der Waals surface area contributed by atoms with Crippen LogP contribution in [0.5, 0.6) is 0 Å². The van der Waals surface area contributed by atoms with Gasteiger partial charge in [-0.3, -0.25) is 4.98 Å². The minimum absolute atomic E-state index is 0. The van der Waals surface area contributed by atoms with Crippen LogP contribution in [-0.2, 0) is 6.54 Å². The number of hydrogen-bond donors (Lipinski definition) is 1. The lowest BCUT2D eigenvalue weighted by Crippen LogP contribution is -2.05. The maximum atomic E-state index is 4.79. The van der Waals surface area contributed by atoms with Crippen LogP contribution in [0.25, 0.3) is 16.8 Å². The summed E-state index contributed by atoms with van der Waals surface area (Å²) in [4.78, 5) is 8.93. The molecule has 0 atom stereocenters. The quantitative estimate of drug-likeness (QED) is 0.487. The molecule has 1 aromatic carbocycles. The number of fused-ring (bicyclic) bond motifs is 1. The summed E-state index contributed by atoms with van der Waals surface area (Å²) in [6, 6.07) is 12.7. The first kappa shape index (κ1) is 19.9. The van der Waals surface area contributed by atoms with Crippen molar-refractivity contribution in [3.05, 3.63) is 83.1 Å². The van der Waals surface area contributed by atoms with E-state index in [1.165, 1.54) is 16.7 Å². The van der Waals surface area contributed by atoms with Gasteiger partial charge in [-0.15, -0.1) is 12.4 Å². The molecular weight excluding hydrogens is 368 g/mol. The summed E-state index contributed by atoms with van der Waals surface area (Å²) in [6.45, 7) is 9.27. The molecular formula is C23H25ClN4. The van der Waals surface area contributed by atoms with E-state index in [9.17, 15) is 0 Å². The Morgan fingerprint density at radius 2 is 1.61 bits per heavy atom. The van der Waals surface area contributed by atoms with E-state index in [0.29, 0.717) is 0 Å². The average Bonchev–Trinajstić information content (AvgIpc) is 2.96. The molecule has 0 amide bonds. The van der Waals surface area contributed by atoms with Crippen LogP contribution in [0, 0.1) is 27.7 Å². The van der Waals surface area contributed by atoms with Gasteiger partial charge in [0.1, 0.15) is 0 Å². The van der Waals surface area contributed by atoms with Gasteiger partial charge in [0.2, 0.25) is 0 Å². The van der Waals surface area contributed by atoms with Crippen molar-refractivity contribution in [2.75, 3.05) is 5.32 Å². The molecule has 0 saturated carbocycles. The summed E-state index contributed by atoms with van der Waals surface area (Å²) in [5.74, 6) is 0.